The van der Waals surface area contributed by atoms with Crippen LogP contribution in [-0.2, 0) is 11.8 Å². The first-order valence-corrected chi connectivity index (χ1v) is 10.9. The molecule has 2 heterocycles. The molecule has 1 aliphatic heterocycles. The first-order valence-electron chi connectivity index (χ1n) is 10.9. The number of para-hydroxylation sites is 1. The molecule has 1 aromatic carbocycles. The molecule has 0 unspecified atom stereocenters. The number of hydrogen-bond donors (Lipinski definition) is 1. The minimum absolute atomic E-state index is 0.0139. The number of nitrogens with one attached hydrogen (secondary N) is 1. The van der Waals surface area contributed by atoms with Crippen molar-refractivity contribution < 1.29 is 9.59 Å². The van der Waals surface area contributed by atoms with Gasteiger partial charge in [0.2, 0.25) is 5.91 Å². The third-order valence-electron chi connectivity index (χ3n) is 6.17. The van der Waals surface area contributed by atoms with Gasteiger partial charge in [0, 0.05) is 43.5 Å². The van der Waals surface area contributed by atoms with Gasteiger partial charge in [-0.25, -0.2) is 0 Å². The second-order valence-corrected chi connectivity index (χ2v) is 7.89. The fourth-order valence-electron chi connectivity index (χ4n) is 4.20. The van der Waals surface area contributed by atoms with Gasteiger partial charge < -0.3 is 19.7 Å². The molecule has 3 rings (SSSR count). The lowest BCUT2D eigenvalue weighted by molar-refractivity contribution is -0.126. The zero-order valence-electron chi connectivity index (χ0n) is 18.0. The second kappa shape index (κ2) is 9.92. The first kappa shape index (κ1) is 21.4. The summed E-state index contributed by atoms with van der Waals surface area (Å²) in [7, 11) is 1.94. The topological polar surface area (TPSA) is 57.6 Å². The van der Waals surface area contributed by atoms with Crippen molar-refractivity contribution in [2.45, 2.75) is 33.1 Å². The lowest BCUT2D eigenvalue weighted by Crippen LogP contribution is -2.43. The molecule has 6 nitrogen and oxygen atoms in total. The van der Waals surface area contributed by atoms with Crippen LogP contribution in [-0.4, -0.2) is 65.4 Å². The summed E-state index contributed by atoms with van der Waals surface area (Å²) in [6.45, 7) is 9.44. The molecule has 0 aliphatic carbocycles. The van der Waals surface area contributed by atoms with E-state index in [0.717, 1.165) is 56.3 Å². The number of likely N-dealkylation sites (tertiary alicyclic amines) is 1. The molecular weight excluding hydrogens is 364 g/mol. The van der Waals surface area contributed by atoms with E-state index in [4.69, 9.17) is 0 Å². The van der Waals surface area contributed by atoms with Gasteiger partial charge in [0.05, 0.1) is 0 Å². The highest BCUT2D eigenvalue weighted by Crippen LogP contribution is 2.23. The van der Waals surface area contributed by atoms with E-state index >= 15 is 0 Å². The maximum absolute atomic E-state index is 13.0. The van der Waals surface area contributed by atoms with Crippen LogP contribution in [0.25, 0.3) is 10.9 Å². The van der Waals surface area contributed by atoms with Gasteiger partial charge in [-0.05, 0) is 51.0 Å². The Morgan fingerprint density at radius 3 is 2.48 bits per heavy atom. The van der Waals surface area contributed by atoms with Crippen molar-refractivity contribution in [3.05, 3.63) is 36.0 Å². The third kappa shape index (κ3) is 4.99. The van der Waals surface area contributed by atoms with Crippen LogP contribution < -0.4 is 5.32 Å². The Bertz CT molecular complexity index is 833. The molecule has 158 valence electrons. The molecule has 1 aromatic heterocycles. The van der Waals surface area contributed by atoms with Gasteiger partial charge >= 0.3 is 0 Å². The number of nitrogens with zero attached hydrogens (tertiary/aromatic N) is 3. The molecule has 0 bridgehead atoms. The fraction of sp³-hybridized carbons (Fsp3) is 0.565. The highest BCUT2D eigenvalue weighted by atomic mass is 16.2. The van der Waals surface area contributed by atoms with Crippen LogP contribution in [0.3, 0.4) is 0 Å². The molecule has 2 amide bonds. The summed E-state index contributed by atoms with van der Waals surface area (Å²) < 4.78 is 1.96. The average Bonchev–Trinajstić information content (AvgIpc) is 3.10. The molecular formula is C23H34N4O2. The van der Waals surface area contributed by atoms with Crippen molar-refractivity contribution in [1.29, 1.82) is 0 Å². The average molecular weight is 399 g/mol. The first-order chi connectivity index (χ1) is 14.0. The Labute approximate surface area is 173 Å². The van der Waals surface area contributed by atoms with E-state index in [0.29, 0.717) is 18.8 Å². The number of aryl methyl sites for hydroxylation is 1. The number of amides is 2. The Morgan fingerprint density at radius 2 is 1.83 bits per heavy atom. The van der Waals surface area contributed by atoms with Crippen molar-refractivity contribution in [2.24, 2.45) is 13.0 Å². The van der Waals surface area contributed by atoms with Gasteiger partial charge in [0.25, 0.3) is 5.91 Å². The number of fused-ring (bicyclic) bond motifs is 1. The maximum Gasteiger partial charge on any atom is 0.270 e. The van der Waals surface area contributed by atoms with Gasteiger partial charge in [0.15, 0.2) is 0 Å². The number of benzene rings is 1. The minimum atomic E-state index is 0.0139. The van der Waals surface area contributed by atoms with Crippen molar-refractivity contribution in [3.8, 4) is 0 Å². The quantitative estimate of drug-likeness (QED) is 0.696. The van der Waals surface area contributed by atoms with E-state index in [1.807, 2.05) is 46.8 Å². The maximum atomic E-state index is 13.0. The van der Waals surface area contributed by atoms with E-state index < -0.39 is 0 Å². The van der Waals surface area contributed by atoms with Gasteiger partial charge in [-0.1, -0.05) is 32.0 Å². The van der Waals surface area contributed by atoms with Gasteiger partial charge in [-0.3, -0.25) is 9.59 Å². The van der Waals surface area contributed by atoms with E-state index in [1.165, 1.54) is 0 Å². The SMILES string of the molecule is CCN(CC)CCCNC(=O)C1CCN(C(=O)c2cc3ccccc3n2C)CC1. The van der Waals surface area contributed by atoms with E-state index in [-0.39, 0.29) is 17.7 Å². The van der Waals surface area contributed by atoms with Crippen LogP contribution in [0.2, 0.25) is 0 Å². The molecule has 0 atom stereocenters. The molecule has 2 aromatic rings. The number of hydrogen-bond acceptors (Lipinski definition) is 3. The molecule has 6 heteroatoms. The summed E-state index contributed by atoms with van der Waals surface area (Å²) in [5.74, 6) is 0.211. The lowest BCUT2D eigenvalue weighted by atomic mass is 9.95. The zero-order valence-corrected chi connectivity index (χ0v) is 18.0. The van der Waals surface area contributed by atoms with Crippen LogP contribution in [0, 0.1) is 5.92 Å². The molecule has 1 N–H and O–H groups in total. The molecule has 0 spiro atoms. The Hall–Kier alpha value is -2.34. The molecule has 1 aliphatic rings. The van der Waals surface area contributed by atoms with E-state index in [9.17, 15) is 9.59 Å². The Morgan fingerprint density at radius 1 is 1.14 bits per heavy atom. The van der Waals surface area contributed by atoms with Crippen molar-refractivity contribution >= 4 is 22.7 Å². The van der Waals surface area contributed by atoms with E-state index in [2.05, 4.69) is 24.1 Å². The molecule has 29 heavy (non-hydrogen) atoms. The van der Waals surface area contributed by atoms with Gasteiger partial charge in [-0.2, -0.15) is 0 Å². The van der Waals surface area contributed by atoms with Crippen molar-refractivity contribution in [3.63, 3.8) is 0 Å². The highest BCUT2D eigenvalue weighted by molar-refractivity contribution is 5.98. The third-order valence-corrected chi connectivity index (χ3v) is 6.17. The summed E-state index contributed by atoms with van der Waals surface area (Å²) >= 11 is 0. The van der Waals surface area contributed by atoms with Gasteiger partial charge in [0.1, 0.15) is 5.69 Å². The fourth-order valence-corrected chi connectivity index (χ4v) is 4.20. The van der Waals surface area contributed by atoms with Crippen LogP contribution in [0.15, 0.2) is 30.3 Å². The Kier molecular flexibility index (Phi) is 7.31. The summed E-state index contributed by atoms with van der Waals surface area (Å²) in [6.07, 6.45) is 2.45. The molecule has 0 radical (unpaired) electrons. The second-order valence-electron chi connectivity index (χ2n) is 7.89. The highest BCUT2D eigenvalue weighted by Gasteiger charge is 2.28. The summed E-state index contributed by atoms with van der Waals surface area (Å²) in [4.78, 5) is 29.7. The largest absolute Gasteiger partial charge is 0.356 e. The van der Waals surface area contributed by atoms with E-state index in [1.54, 1.807) is 0 Å². The zero-order chi connectivity index (χ0) is 20.8. The van der Waals surface area contributed by atoms with Crippen LogP contribution in [0.4, 0.5) is 0 Å². The smallest absolute Gasteiger partial charge is 0.270 e. The predicted molar refractivity (Wildman–Crippen MR) is 117 cm³/mol. The monoisotopic (exact) mass is 398 g/mol. The number of aromatic nitrogens is 1. The van der Waals surface area contributed by atoms with Crippen molar-refractivity contribution in [1.82, 2.24) is 19.7 Å². The van der Waals surface area contributed by atoms with Crippen LogP contribution in [0.1, 0.15) is 43.6 Å². The van der Waals surface area contributed by atoms with Crippen molar-refractivity contribution in [2.75, 3.05) is 39.3 Å². The summed E-state index contributed by atoms with van der Waals surface area (Å²) in [5.41, 5.74) is 1.78. The Balaban J connectivity index is 1.47. The summed E-state index contributed by atoms with van der Waals surface area (Å²) in [6, 6.07) is 10.0. The standard InChI is InChI=1S/C23H34N4O2/c1-4-26(5-2)14-8-13-24-22(28)18-11-15-27(16-12-18)23(29)21-17-19-9-6-7-10-20(19)25(21)3/h6-7,9-10,17-18H,4-5,8,11-16H2,1-3H3,(H,24,28). The number of carbonyl (C=O) groups excluding carboxylic acids is 2. The summed E-state index contributed by atoms with van der Waals surface area (Å²) in [5, 5.41) is 4.17. The number of carbonyl (C=O) groups is 2. The lowest BCUT2D eigenvalue weighted by Gasteiger charge is -2.31. The number of rotatable bonds is 8. The van der Waals surface area contributed by atoms with Crippen LogP contribution in [0.5, 0.6) is 0 Å². The van der Waals surface area contributed by atoms with Gasteiger partial charge in [-0.15, -0.1) is 0 Å². The normalized spacial score (nSPS) is 15.2. The minimum Gasteiger partial charge on any atom is -0.356 e. The molecule has 1 fully saturated rings. The molecule has 1 saturated heterocycles. The molecule has 0 saturated carbocycles. The number of piperidine rings is 1. The predicted octanol–water partition coefficient (Wildman–Crippen LogP) is 2.88. The van der Waals surface area contributed by atoms with Crippen LogP contribution >= 0.6 is 0 Å².